The molecule has 1 saturated heterocycles. The molecular weight excluding hydrogens is 334 g/mol. The molecule has 2 heterocycles. The molecule has 0 aliphatic carbocycles. The monoisotopic (exact) mass is 357 g/mol. The van der Waals surface area contributed by atoms with Crippen molar-refractivity contribution in [3.8, 4) is 11.4 Å². The number of ether oxygens (including phenoxy) is 1. The van der Waals surface area contributed by atoms with Crippen molar-refractivity contribution in [1.82, 2.24) is 14.7 Å². The van der Waals surface area contributed by atoms with Crippen molar-refractivity contribution in [1.29, 1.82) is 0 Å². The smallest absolute Gasteiger partial charge is 0.308 e. The second-order valence-corrected chi connectivity index (χ2v) is 6.90. The number of rotatable bonds is 6. The maximum absolute atomic E-state index is 12.9. The number of hydrogen-bond acceptors (Lipinski definition) is 4. The zero-order valence-corrected chi connectivity index (χ0v) is 15.0. The topological polar surface area (TPSA) is 84.7 Å². The van der Waals surface area contributed by atoms with Gasteiger partial charge < -0.3 is 14.7 Å². The first-order chi connectivity index (χ1) is 12.5. The van der Waals surface area contributed by atoms with E-state index in [1.54, 1.807) is 15.8 Å². The molecule has 26 heavy (non-hydrogen) atoms. The van der Waals surface area contributed by atoms with Crippen molar-refractivity contribution in [2.75, 3.05) is 19.7 Å². The number of para-hydroxylation sites is 1. The molecule has 1 unspecified atom stereocenters. The summed E-state index contributed by atoms with van der Waals surface area (Å²) >= 11 is 0. The Bertz CT molecular complexity index is 785. The fraction of sp³-hybridized carbons (Fsp3) is 0.421. The molecule has 2 aromatic rings. The van der Waals surface area contributed by atoms with E-state index >= 15 is 0 Å². The first-order valence-electron chi connectivity index (χ1n) is 8.75. The highest BCUT2D eigenvalue weighted by molar-refractivity contribution is 5.95. The summed E-state index contributed by atoms with van der Waals surface area (Å²) in [7, 11) is 0. The number of aromatic nitrogens is 2. The number of likely N-dealkylation sites (tertiary alicyclic amines) is 1. The van der Waals surface area contributed by atoms with Crippen LogP contribution in [0.4, 0.5) is 0 Å². The van der Waals surface area contributed by atoms with Gasteiger partial charge >= 0.3 is 5.97 Å². The number of amides is 1. The molecule has 7 heteroatoms. The lowest BCUT2D eigenvalue weighted by atomic mass is 10.1. The fourth-order valence-corrected chi connectivity index (χ4v) is 2.88. The third kappa shape index (κ3) is 3.87. The van der Waals surface area contributed by atoms with E-state index < -0.39 is 11.9 Å². The minimum atomic E-state index is -0.869. The van der Waals surface area contributed by atoms with Gasteiger partial charge in [-0.25, -0.2) is 4.68 Å². The number of carbonyl (C=O) groups excluding carboxylic acids is 1. The molecular formula is C19H23N3O4. The molecule has 1 aliphatic rings. The zero-order chi connectivity index (χ0) is 18.7. The maximum Gasteiger partial charge on any atom is 0.308 e. The number of benzene rings is 1. The average Bonchev–Trinajstić information content (AvgIpc) is 3.27. The zero-order valence-electron chi connectivity index (χ0n) is 15.0. The summed E-state index contributed by atoms with van der Waals surface area (Å²) in [6, 6.07) is 9.48. The summed E-state index contributed by atoms with van der Waals surface area (Å²) in [6.45, 7) is 5.15. The summed E-state index contributed by atoms with van der Waals surface area (Å²) < 4.78 is 7.43. The van der Waals surface area contributed by atoms with E-state index in [2.05, 4.69) is 5.10 Å². The van der Waals surface area contributed by atoms with Crippen LogP contribution < -0.4 is 4.74 Å². The highest BCUT2D eigenvalue weighted by Crippen LogP contribution is 2.25. The first kappa shape index (κ1) is 18.0. The highest BCUT2D eigenvalue weighted by atomic mass is 16.5. The molecule has 1 aromatic carbocycles. The molecule has 1 aliphatic heterocycles. The Morgan fingerprint density at radius 3 is 2.65 bits per heavy atom. The molecule has 1 N–H and O–H groups in total. The van der Waals surface area contributed by atoms with E-state index in [4.69, 9.17) is 9.84 Å². The maximum atomic E-state index is 12.9. The quantitative estimate of drug-likeness (QED) is 0.858. The Morgan fingerprint density at radius 2 is 2.04 bits per heavy atom. The van der Waals surface area contributed by atoms with Gasteiger partial charge in [-0.2, -0.15) is 5.10 Å². The van der Waals surface area contributed by atoms with E-state index in [-0.39, 0.29) is 18.1 Å². The van der Waals surface area contributed by atoms with E-state index in [1.165, 1.54) is 0 Å². The van der Waals surface area contributed by atoms with Crippen LogP contribution in [0.5, 0.6) is 5.75 Å². The van der Waals surface area contributed by atoms with Crippen LogP contribution in [0.3, 0.4) is 0 Å². The molecule has 0 saturated carbocycles. The SMILES string of the molecule is CC(C)COc1cn(-c2ccccc2)nc1C(=O)N1CCC(C(=O)O)C1. The van der Waals surface area contributed by atoms with Crippen LogP contribution in [0.15, 0.2) is 36.5 Å². The van der Waals surface area contributed by atoms with Crippen LogP contribution in [0.25, 0.3) is 5.69 Å². The number of carboxylic acids is 1. The van der Waals surface area contributed by atoms with E-state index in [0.717, 1.165) is 5.69 Å². The Hall–Kier alpha value is -2.83. The molecule has 1 atom stereocenters. The highest BCUT2D eigenvalue weighted by Gasteiger charge is 2.33. The van der Waals surface area contributed by atoms with Gasteiger partial charge in [0.1, 0.15) is 0 Å². The molecule has 3 rings (SSSR count). The summed E-state index contributed by atoms with van der Waals surface area (Å²) in [5, 5.41) is 13.6. The predicted molar refractivity (Wildman–Crippen MR) is 95.5 cm³/mol. The fourth-order valence-electron chi connectivity index (χ4n) is 2.88. The van der Waals surface area contributed by atoms with Gasteiger partial charge in [-0.1, -0.05) is 32.0 Å². The third-order valence-corrected chi connectivity index (χ3v) is 4.30. The van der Waals surface area contributed by atoms with Crippen LogP contribution >= 0.6 is 0 Å². The minimum absolute atomic E-state index is 0.204. The summed E-state index contributed by atoms with van der Waals surface area (Å²) in [6.07, 6.45) is 2.17. The molecule has 138 valence electrons. The standard InChI is InChI=1S/C19H23N3O4/c1-13(2)12-26-16-11-22(15-6-4-3-5-7-15)20-17(16)18(23)21-9-8-14(10-21)19(24)25/h3-7,11,13-14H,8-10,12H2,1-2H3,(H,24,25). The van der Waals surface area contributed by atoms with Gasteiger partial charge in [-0.15, -0.1) is 0 Å². The Kier molecular flexibility index (Phi) is 5.25. The van der Waals surface area contributed by atoms with Crippen LogP contribution in [0, 0.1) is 11.8 Å². The number of carbonyl (C=O) groups is 2. The van der Waals surface area contributed by atoms with E-state index in [9.17, 15) is 9.59 Å². The van der Waals surface area contributed by atoms with E-state index in [1.807, 2.05) is 44.2 Å². The normalized spacial score (nSPS) is 16.9. The molecule has 1 amide bonds. The van der Waals surface area contributed by atoms with Crippen molar-refractivity contribution >= 4 is 11.9 Å². The Labute approximate surface area is 152 Å². The van der Waals surface area contributed by atoms with Crippen LogP contribution in [-0.2, 0) is 4.79 Å². The third-order valence-electron chi connectivity index (χ3n) is 4.30. The van der Waals surface area contributed by atoms with Gasteiger partial charge in [0.2, 0.25) is 0 Å². The van der Waals surface area contributed by atoms with Gasteiger partial charge in [0, 0.05) is 13.1 Å². The van der Waals surface area contributed by atoms with Gasteiger partial charge in [0.05, 0.1) is 24.4 Å². The van der Waals surface area contributed by atoms with Gasteiger partial charge in [0.15, 0.2) is 11.4 Å². The first-order valence-corrected chi connectivity index (χ1v) is 8.75. The summed E-state index contributed by atoms with van der Waals surface area (Å²) in [4.78, 5) is 25.6. The minimum Gasteiger partial charge on any atom is -0.489 e. The summed E-state index contributed by atoms with van der Waals surface area (Å²) in [5.74, 6) is -0.948. The average molecular weight is 357 g/mol. The Balaban J connectivity index is 1.87. The van der Waals surface area contributed by atoms with Crippen molar-refractivity contribution < 1.29 is 19.4 Å². The summed E-state index contributed by atoms with van der Waals surface area (Å²) in [5.41, 5.74) is 1.05. The van der Waals surface area contributed by atoms with Crippen LogP contribution in [-0.4, -0.2) is 51.4 Å². The van der Waals surface area contributed by atoms with Gasteiger partial charge in [-0.05, 0) is 24.5 Å². The second kappa shape index (κ2) is 7.59. The van der Waals surface area contributed by atoms with Gasteiger partial charge in [-0.3, -0.25) is 9.59 Å². The van der Waals surface area contributed by atoms with Crippen molar-refractivity contribution in [3.05, 3.63) is 42.2 Å². The van der Waals surface area contributed by atoms with Crippen molar-refractivity contribution in [2.45, 2.75) is 20.3 Å². The molecule has 0 spiro atoms. The number of hydrogen-bond donors (Lipinski definition) is 1. The second-order valence-electron chi connectivity index (χ2n) is 6.90. The largest absolute Gasteiger partial charge is 0.489 e. The molecule has 1 aromatic heterocycles. The predicted octanol–water partition coefficient (Wildman–Crippen LogP) is 2.45. The lowest BCUT2D eigenvalue weighted by molar-refractivity contribution is -0.141. The van der Waals surface area contributed by atoms with E-state index in [0.29, 0.717) is 31.2 Å². The molecule has 7 nitrogen and oxygen atoms in total. The Morgan fingerprint density at radius 1 is 1.31 bits per heavy atom. The van der Waals surface area contributed by atoms with Crippen molar-refractivity contribution in [2.24, 2.45) is 11.8 Å². The van der Waals surface area contributed by atoms with Crippen LogP contribution in [0.1, 0.15) is 30.8 Å². The van der Waals surface area contributed by atoms with Gasteiger partial charge in [0.25, 0.3) is 5.91 Å². The lowest BCUT2D eigenvalue weighted by Gasteiger charge is -2.15. The lowest BCUT2D eigenvalue weighted by Crippen LogP contribution is -2.30. The number of aliphatic carboxylic acids is 1. The van der Waals surface area contributed by atoms with Crippen LogP contribution in [0.2, 0.25) is 0 Å². The molecule has 1 fully saturated rings. The molecule has 0 bridgehead atoms. The number of carboxylic acid groups (broad SMARTS) is 1. The van der Waals surface area contributed by atoms with Crippen molar-refractivity contribution in [3.63, 3.8) is 0 Å². The molecule has 0 radical (unpaired) electrons. The number of nitrogens with zero attached hydrogens (tertiary/aromatic N) is 3.